The van der Waals surface area contributed by atoms with Crippen LogP contribution in [0.25, 0.3) is 0 Å². The van der Waals surface area contributed by atoms with Gasteiger partial charge in [-0.25, -0.2) is 0 Å². The summed E-state index contributed by atoms with van der Waals surface area (Å²) in [5.41, 5.74) is 11.5. The van der Waals surface area contributed by atoms with Gasteiger partial charge in [0.1, 0.15) is 5.82 Å². The Morgan fingerprint density at radius 2 is 2.38 bits per heavy atom. The molecule has 0 aliphatic heterocycles. The fourth-order valence-corrected chi connectivity index (χ4v) is 1.07. The van der Waals surface area contributed by atoms with Crippen molar-refractivity contribution in [1.29, 1.82) is 0 Å². The maximum atomic E-state index is 10.8. The third-order valence-corrected chi connectivity index (χ3v) is 1.93. The number of primary amides is 1. The molecule has 1 atom stereocenters. The minimum atomic E-state index is -0.325. The van der Waals surface area contributed by atoms with Gasteiger partial charge in [0.25, 0.3) is 0 Å². The molecule has 4 N–H and O–H groups in total. The molecule has 0 fully saturated rings. The summed E-state index contributed by atoms with van der Waals surface area (Å²) in [5.74, 6) is -0.0827. The Balaban J connectivity index is 2.74. The number of hydrogen-bond acceptors (Lipinski definition) is 3. The third kappa shape index (κ3) is 2.21. The Bertz CT molecular complexity index is 318. The van der Waals surface area contributed by atoms with Crippen LogP contribution in [0.15, 0.2) is 6.07 Å². The Labute approximate surface area is 76.7 Å². The average molecular weight is 182 g/mol. The first-order valence-electron chi connectivity index (χ1n) is 4.10. The number of nitrogen functional groups attached to an aromatic ring is 1. The standard InChI is InChI=1S/C8H14N4O/c1-5(8(10)13)4-12-6(2)3-7(9)11-12/h3,5H,4H2,1-2H3,(H2,9,11)(H2,10,13). The number of aryl methyl sites for hydroxylation is 1. The fourth-order valence-electron chi connectivity index (χ4n) is 1.07. The second-order valence-electron chi connectivity index (χ2n) is 3.20. The van der Waals surface area contributed by atoms with Crippen molar-refractivity contribution in [3.63, 3.8) is 0 Å². The molecule has 0 radical (unpaired) electrons. The van der Waals surface area contributed by atoms with Gasteiger partial charge in [-0.2, -0.15) is 5.10 Å². The highest BCUT2D eigenvalue weighted by Crippen LogP contribution is 2.07. The molecule has 5 nitrogen and oxygen atoms in total. The summed E-state index contributed by atoms with van der Waals surface area (Å²) in [6.07, 6.45) is 0. The number of nitrogens with zero attached hydrogens (tertiary/aromatic N) is 2. The zero-order valence-electron chi connectivity index (χ0n) is 7.82. The number of nitrogens with two attached hydrogens (primary N) is 2. The molecule has 0 spiro atoms. The SMILES string of the molecule is Cc1cc(N)nn1CC(C)C(N)=O. The second-order valence-corrected chi connectivity index (χ2v) is 3.20. The predicted octanol–water partition coefficient (Wildman–Crippen LogP) is -0.105. The average Bonchev–Trinajstić information content (AvgIpc) is 2.30. The van der Waals surface area contributed by atoms with Gasteiger partial charge in [-0.15, -0.1) is 0 Å². The van der Waals surface area contributed by atoms with Crippen LogP contribution in [0.4, 0.5) is 5.82 Å². The van der Waals surface area contributed by atoms with Crippen molar-refractivity contribution in [2.75, 3.05) is 5.73 Å². The van der Waals surface area contributed by atoms with Crippen molar-refractivity contribution in [3.8, 4) is 0 Å². The molecule has 0 bridgehead atoms. The van der Waals surface area contributed by atoms with E-state index in [1.807, 2.05) is 6.92 Å². The lowest BCUT2D eigenvalue weighted by Crippen LogP contribution is -2.25. The number of hydrogen-bond donors (Lipinski definition) is 2. The molecular weight excluding hydrogens is 168 g/mol. The van der Waals surface area contributed by atoms with E-state index in [1.54, 1.807) is 17.7 Å². The normalized spacial score (nSPS) is 12.8. The van der Waals surface area contributed by atoms with E-state index in [4.69, 9.17) is 11.5 Å². The lowest BCUT2D eigenvalue weighted by Gasteiger charge is -2.08. The van der Waals surface area contributed by atoms with E-state index in [0.717, 1.165) is 5.69 Å². The molecule has 0 aliphatic carbocycles. The van der Waals surface area contributed by atoms with Gasteiger partial charge in [0, 0.05) is 11.8 Å². The van der Waals surface area contributed by atoms with Gasteiger partial charge < -0.3 is 11.5 Å². The van der Waals surface area contributed by atoms with E-state index < -0.39 is 0 Å². The zero-order chi connectivity index (χ0) is 10.0. The Morgan fingerprint density at radius 3 is 2.77 bits per heavy atom. The molecule has 5 heteroatoms. The number of carbonyl (C=O) groups is 1. The summed E-state index contributed by atoms with van der Waals surface area (Å²) in [6.45, 7) is 4.13. The summed E-state index contributed by atoms with van der Waals surface area (Å²) in [6, 6.07) is 1.76. The third-order valence-electron chi connectivity index (χ3n) is 1.93. The van der Waals surface area contributed by atoms with Gasteiger partial charge >= 0.3 is 0 Å². The molecule has 0 saturated carbocycles. The minimum absolute atomic E-state index is 0.224. The van der Waals surface area contributed by atoms with Crippen LogP contribution in [0.3, 0.4) is 0 Å². The van der Waals surface area contributed by atoms with Crippen LogP contribution in [-0.4, -0.2) is 15.7 Å². The van der Waals surface area contributed by atoms with E-state index in [1.165, 1.54) is 0 Å². The number of amides is 1. The highest BCUT2D eigenvalue weighted by molar-refractivity contribution is 5.76. The molecule has 0 saturated heterocycles. The van der Waals surface area contributed by atoms with Crippen LogP contribution in [0.5, 0.6) is 0 Å². The van der Waals surface area contributed by atoms with Crippen molar-refractivity contribution in [3.05, 3.63) is 11.8 Å². The van der Waals surface area contributed by atoms with Crippen LogP contribution in [0, 0.1) is 12.8 Å². The summed E-state index contributed by atoms with van der Waals surface area (Å²) < 4.78 is 1.69. The monoisotopic (exact) mass is 182 g/mol. The number of aromatic nitrogens is 2. The lowest BCUT2D eigenvalue weighted by atomic mass is 10.2. The molecule has 1 rings (SSSR count). The molecule has 1 aromatic rings. The van der Waals surface area contributed by atoms with E-state index in [9.17, 15) is 4.79 Å². The molecule has 13 heavy (non-hydrogen) atoms. The van der Waals surface area contributed by atoms with Crippen molar-refractivity contribution < 1.29 is 4.79 Å². The van der Waals surface area contributed by atoms with Crippen LogP contribution in [0.2, 0.25) is 0 Å². The van der Waals surface area contributed by atoms with Gasteiger partial charge in [-0.1, -0.05) is 6.92 Å². The van der Waals surface area contributed by atoms with Gasteiger partial charge in [0.2, 0.25) is 5.91 Å². The largest absolute Gasteiger partial charge is 0.382 e. The van der Waals surface area contributed by atoms with Crippen molar-refractivity contribution in [2.45, 2.75) is 20.4 Å². The zero-order valence-corrected chi connectivity index (χ0v) is 7.82. The molecule has 1 unspecified atom stereocenters. The predicted molar refractivity (Wildman–Crippen MR) is 49.7 cm³/mol. The number of anilines is 1. The molecule has 1 heterocycles. The molecule has 72 valence electrons. The van der Waals surface area contributed by atoms with Crippen molar-refractivity contribution >= 4 is 11.7 Å². The molecule has 0 aromatic carbocycles. The van der Waals surface area contributed by atoms with Crippen molar-refractivity contribution in [2.24, 2.45) is 11.7 Å². The molecule has 1 amide bonds. The van der Waals surface area contributed by atoms with Gasteiger partial charge in [-0.05, 0) is 6.92 Å². The summed E-state index contributed by atoms with van der Waals surface area (Å²) in [5, 5.41) is 4.02. The van der Waals surface area contributed by atoms with Crippen LogP contribution >= 0.6 is 0 Å². The second kappa shape index (κ2) is 3.47. The summed E-state index contributed by atoms with van der Waals surface area (Å²) in [4.78, 5) is 10.8. The highest BCUT2D eigenvalue weighted by Gasteiger charge is 2.11. The molecule has 0 aliphatic rings. The Morgan fingerprint density at radius 1 is 1.77 bits per heavy atom. The first-order valence-corrected chi connectivity index (χ1v) is 4.10. The highest BCUT2D eigenvalue weighted by atomic mass is 16.1. The first-order chi connectivity index (χ1) is 6.00. The van der Waals surface area contributed by atoms with Crippen LogP contribution in [-0.2, 0) is 11.3 Å². The maximum absolute atomic E-state index is 10.8. The van der Waals surface area contributed by atoms with Crippen molar-refractivity contribution in [1.82, 2.24) is 9.78 Å². The van der Waals surface area contributed by atoms with Crippen LogP contribution < -0.4 is 11.5 Å². The van der Waals surface area contributed by atoms with Gasteiger partial charge in [-0.3, -0.25) is 9.48 Å². The van der Waals surface area contributed by atoms with Gasteiger partial charge in [0.05, 0.1) is 12.5 Å². The Hall–Kier alpha value is -1.52. The van der Waals surface area contributed by atoms with E-state index in [-0.39, 0.29) is 11.8 Å². The summed E-state index contributed by atoms with van der Waals surface area (Å²) in [7, 11) is 0. The molecule has 1 aromatic heterocycles. The molecular formula is C8H14N4O. The quantitative estimate of drug-likeness (QED) is 0.684. The van der Waals surface area contributed by atoms with Gasteiger partial charge in [0.15, 0.2) is 0 Å². The van der Waals surface area contributed by atoms with E-state index in [0.29, 0.717) is 12.4 Å². The minimum Gasteiger partial charge on any atom is -0.382 e. The fraction of sp³-hybridized carbons (Fsp3) is 0.500. The topological polar surface area (TPSA) is 86.9 Å². The first kappa shape index (κ1) is 9.57. The maximum Gasteiger partial charge on any atom is 0.222 e. The smallest absolute Gasteiger partial charge is 0.222 e. The summed E-state index contributed by atoms with van der Waals surface area (Å²) >= 11 is 0. The van der Waals surface area contributed by atoms with E-state index >= 15 is 0 Å². The number of carbonyl (C=O) groups excluding carboxylic acids is 1. The van der Waals surface area contributed by atoms with E-state index in [2.05, 4.69) is 5.10 Å². The Kier molecular flexibility index (Phi) is 2.55. The lowest BCUT2D eigenvalue weighted by molar-refractivity contribution is -0.121. The van der Waals surface area contributed by atoms with Crippen LogP contribution in [0.1, 0.15) is 12.6 Å². The number of rotatable bonds is 3.